The Morgan fingerprint density at radius 2 is 1.83 bits per heavy atom. The monoisotopic (exact) mass is 327 g/mol. The molecule has 1 aliphatic rings. The van der Waals surface area contributed by atoms with Crippen LogP contribution in [-0.2, 0) is 4.79 Å². The summed E-state index contributed by atoms with van der Waals surface area (Å²) in [6.45, 7) is 0. The third kappa shape index (κ3) is 3.54. The minimum Gasteiger partial charge on any atom is -0.493 e. The number of imide groups is 1. The third-order valence-corrected chi connectivity index (χ3v) is 3.91. The first-order chi connectivity index (χ1) is 11.2. The SMILES string of the molecule is COc1ccc(/C=C2\SC(=O)NC2=O)cc1Oc1ccccc1. The van der Waals surface area contributed by atoms with Gasteiger partial charge >= 0.3 is 0 Å². The summed E-state index contributed by atoms with van der Waals surface area (Å²) >= 11 is 0.878. The van der Waals surface area contributed by atoms with E-state index in [-0.39, 0.29) is 11.1 Å². The molecule has 1 N–H and O–H groups in total. The Kier molecular flexibility index (Phi) is 4.34. The van der Waals surface area contributed by atoms with Crippen molar-refractivity contribution in [1.82, 2.24) is 5.32 Å². The number of benzene rings is 2. The Morgan fingerprint density at radius 1 is 1.04 bits per heavy atom. The van der Waals surface area contributed by atoms with E-state index in [0.717, 1.165) is 17.3 Å². The molecule has 1 heterocycles. The molecule has 6 heteroatoms. The van der Waals surface area contributed by atoms with Crippen LogP contribution in [0, 0.1) is 0 Å². The van der Waals surface area contributed by atoms with Crippen molar-refractivity contribution in [1.29, 1.82) is 0 Å². The van der Waals surface area contributed by atoms with Crippen molar-refractivity contribution in [3.05, 3.63) is 59.0 Å². The van der Waals surface area contributed by atoms with Crippen LogP contribution in [0.2, 0.25) is 0 Å². The predicted molar refractivity (Wildman–Crippen MR) is 88.6 cm³/mol. The molecule has 5 nitrogen and oxygen atoms in total. The number of hydrogen-bond acceptors (Lipinski definition) is 5. The lowest BCUT2D eigenvalue weighted by atomic mass is 10.2. The molecule has 0 bridgehead atoms. The van der Waals surface area contributed by atoms with E-state index in [2.05, 4.69) is 5.32 Å². The zero-order valence-corrected chi connectivity index (χ0v) is 13.1. The van der Waals surface area contributed by atoms with Crippen LogP contribution in [0.4, 0.5) is 4.79 Å². The Bertz CT molecular complexity index is 786. The van der Waals surface area contributed by atoms with E-state index >= 15 is 0 Å². The van der Waals surface area contributed by atoms with Crippen LogP contribution in [-0.4, -0.2) is 18.3 Å². The van der Waals surface area contributed by atoms with Gasteiger partial charge in [-0.15, -0.1) is 0 Å². The summed E-state index contributed by atoms with van der Waals surface area (Å²) in [5, 5.41) is 1.86. The van der Waals surface area contributed by atoms with Gasteiger partial charge in [0.25, 0.3) is 11.1 Å². The minimum absolute atomic E-state index is 0.353. The number of thioether (sulfide) groups is 1. The van der Waals surface area contributed by atoms with E-state index in [0.29, 0.717) is 22.2 Å². The largest absolute Gasteiger partial charge is 0.493 e. The lowest BCUT2D eigenvalue weighted by Gasteiger charge is -2.11. The van der Waals surface area contributed by atoms with Gasteiger partial charge in [-0.2, -0.15) is 0 Å². The van der Waals surface area contributed by atoms with Gasteiger partial charge in [0.2, 0.25) is 0 Å². The minimum atomic E-state index is -0.388. The molecular formula is C17H13NO4S. The van der Waals surface area contributed by atoms with Crippen LogP contribution < -0.4 is 14.8 Å². The van der Waals surface area contributed by atoms with Gasteiger partial charge in [-0.25, -0.2) is 0 Å². The maximum Gasteiger partial charge on any atom is 0.290 e. The molecule has 0 saturated carbocycles. The van der Waals surface area contributed by atoms with Gasteiger partial charge in [-0.05, 0) is 47.7 Å². The fourth-order valence-corrected chi connectivity index (χ4v) is 2.73. The standard InChI is InChI=1S/C17H13NO4S/c1-21-13-8-7-11(10-15-16(19)18-17(20)23-15)9-14(13)22-12-5-3-2-4-6-12/h2-10H,1H3,(H,18,19,20)/b15-10-. The zero-order valence-electron chi connectivity index (χ0n) is 12.2. The molecule has 116 valence electrons. The molecule has 0 aliphatic carbocycles. The third-order valence-electron chi connectivity index (χ3n) is 3.10. The first-order valence-corrected chi connectivity index (χ1v) is 7.63. The van der Waals surface area contributed by atoms with Crippen molar-refractivity contribution < 1.29 is 19.1 Å². The van der Waals surface area contributed by atoms with Crippen molar-refractivity contribution in [3.63, 3.8) is 0 Å². The van der Waals surface area contributed by atoms with Crippen LogP contribution in [0.5, 0.6) is 17.2 Å². The van der Waals surface area contributed by atoms with Crippen molar-refractivity contribution in [2.45, 2.75) is 0 Å². The van der Waals surface area contributed by atoms with Gasteiger partial charge in [0.15, 0.2) is 11.5 Å². The second-order valence-corrected chi connectivity index (χ2v) is 5.69. The lowest BCUT2D eigenvalue weighted by Crippen LogP contribution is -2.17. The van der Waals surface area contributed by atoms with Gasteiger partial charge in [0, 0.05) is 0 Å². The van der Waals surface area contributed by atoms with Gasteiger partial charge < -0.3 is 9.47 Å². The summed E-state index contributed by atoms with van der Waals surface area (Å²) < 4.78 is 11.1. The maximum absolute atomic E-state index is 11.6. The molecule has 3 rings (SSSR count). The quantitative estimate of drug-likeness (QED) is 0.865. The Hall–Kier alpha value is -2.73. The number of carbonyl (C=O) groups is 2. The van der Waals surface area contributed by atoms with Gasteiger partial charge in [0.1, 0.15) is 5.75 Å². The van der Waals surface area contributed by atoms with E-state index in [4.69, 9.17) is 9.47 Å². The Balaban J connectivity index is 1.91. The molecule has 1 fully saturated rings. The molecule has 0 aromatic heterocycles. The second kappa shape index (κ2) is 6.58. The average Bonchev–Trinajstić information content (AvgIpc) is 2.86. The number of hydrogen-bond donors (Lipinski definition) is 1. The number of rotatable bonds is 4. The normalized spacial score (nSPS) is 15.6. The number of methoxy groups -OCH3 is 1. The molecule has 23 heavy (non-hydrogen) atoms. The van der Waals surface area contributed by atoms with E-state index in [1.807, 2.05) is 30.3 Å². The molecule has 2 amide bonds. The fraction of sp³-hybridized carbons (Fsp3) is 0.0588. The predicted octanol–water partition coefficient (Wildman–Crippen LogP) is 3.81. The maximum atomic E-state index is 11.6. The highest BCUT2D eigenvalue weighted by molar-refractivity contribution is 8.18. The first kappa shape index (κ1) is 15.2. The van der Waals surface area contributed by atoms with Crippen molar-refractivity contribution in [2.75, 3.05) is 7.11 Å². The van der Waals surface area contributed by atoms with E-state index in [9.17, 15) is 9.59 Å². The molecule has 1 saturated heterocycles. The molecule has 0 unspecified atom stereocenters. The zero-order chi connectivity index (χ0) is 16.2. The van der Waals surface area contributed by atoms with Gasteiger partial charge in [-0.1, -0.05) is 24.3 Å². The van der Waals surface area contributed by atoms with Crippen LogP contribution in [0.1, 0.15) is 5.56 Å². The number of para-hydroxylation sites is 1. The van der Waals surface area contributed by atoms with Gasteiger partial charge in [-0.3, -0.25) is 14.9 Å². The highest BCUT2D eigenvalue weighted by atomic mass is 32.2. The summed E-state index contributed by atoms with van der Waals surface area (Å²) in [4.78, 5) is 23.2. The number of nitrogens with one attached hydrogen (secondary N) is 1. The van der Waals surface area contributed by atoms with E-state index in [1.54, 1.807) is 31.4 Å². The first-order valence-electron chi connectivity index (χ1n) is 6.81. The lowest BCUT2D eigenvalue weighted by molar-refractivity contribution is -0.115. The van der Waals surface area contributed by atoms with Crippen LogP contribution in [0.3, 0.4) is 0 Å². The number of carbonyl (C=O) groups excluding carboxylic acids is 2. The molecule has 0 radical (unpaired) electrons. The summed E-state index contributed by atoms with van der Waals surface area (Å²) in [6.07, 6.45) is 1.64. The highest BCUT2D eigenvalue weighted by Crippen LogP contribution is 2.34. The molecule has 2 aromatic rings. The molecule has 1 aliphatic heterocycles. The van der Waals surface area contributed by atoms with Gasteiger partial charge in [0.05, 0.1) is 12.0 Å². The van der Waals surface area contributed by atoms with Crippen molar-refractivity contribution >= 4 is 29.0 Å². The number of ether oxygens (including phenoxy) is 2. The van der Waals surface area contributed by atoms with Crippen LogP contribution >= 0.6 is 11.8 Å². The summed E-state index contributed by atoms with van der Waals surface area (Å²) in [5.74, 6) is 1.40. The van der Waals surface area contributed by atoms with E-state index in [1.165, 1.54) is 0 Å². The molecule has 2 aromatic carbocycles. The van der Waals surface area contributed by atoms with Crippen LogP contribution in [0.15, 0.2) is 53.4 Å². The summed E-state index contributed by atoms with van der Waals surface area (Å²) in [5.41, 5.74) is 0.740. The highest BCUT2D eigenvalue weighted by Gasteiger charge is 2.25. The molecular weight excluding hydrogens is 314 g/mol. The Labute approximate surface area is 137 Å². The fourth-order valence-electron chi connectivity index (χ4n) is 2.05. The summed E-state index contributed by atoms with van der Waals surface area (Å²) in [7, 11) is 1.56. The topological polar surface area (TPSA) is 64.6 Å². The Morgan fingerprint density at radius 3 is 2.48 bits per heavy atom. The van der Waals surface area contributed by atoms with Crippen molar-refractivity contribution in [2.24, 2.45) is 0 Å². The molecule has 0 atom stereocenters. The average molecular weight is 327 g/mol. The van der Waals surface area contributed by atoms with Crippen LogP contribution in [0.25, 0.3) is 6.08 Å². The van der Waals surface area contributed by atoms with Crippen molar-refractivity contribution in [3.8, 4) is 17.2 Å². The number of amides is 2. The smallest absolute Gasteiger partial charge is 0.290 e. The van der Waals surface area contributed by atoms with E-state index < -0.39 is 0 Å². The molecule has 0 spiro atoms. The second-order valence-electron chi connectivity index (χ2n) is 4.68. The summed E-state index contributed by atoms with van der Waals surface area (Å²) in [6, 6.07) is 14.6.